The van der Waals surface area contributed by atoms with Gasteiger partial charge in [-0.1, -0.05) is 30.3 Å². The fourth-order valence-corrected chi connectivity index (χ4v) is 3.27. The fourth-order valence-electron chi connectivity index (χ4n) is 3.27. The van der Waals surface area contributed by atoms with Crippen LogP contribution in [0, 0.1) is 0 Å². The lowest BCUT2D eigenvalue weighted by Crippen LogP contribution is -2.10. The number of anilines is 1. The van der Waals surface area contributed by atoms with Crippen LogP contribution in [0.15, 0.2) is 41.5 Å². The average molecular weight is 234 g/mol. The van der Waals surface area contributed by atoms with Crippen molar-refractivity contribution in [1.29, 1.82) is 0 Å². The van der Waals surface area contributed by atoms with E-state index in [1.54, 1.807) is 0 Å². The molecule has 1 aliphatic heterocycles. The van der Waals surface area contributed by atoms with Crippen LogP contribution in [-0.2, 0) is 12.8 Å². The lowest BCUT2D eigenvalue weighted by molar-refractivity contribution is 0.897. The lowest BCUT2D eigenvalue weighted by atomic mass is 9.99. The fraction of sp³-hybridized carbons (Fsp3) is 0.188. The summed E-state index contributed by atoms with van der Waals surface area (Å²) in [5.74, 6) is 0. The molecule has 0 atom stereocenters. The Hall–Kier alpha value is -2.09. The van der Waals surface area contributed by atoms with Gasteiger partial charge in [0.25, 0.3) is 0 Å². The van der Waals surface area contributed by atoms with E-state index in [1.165, 1.54) is 33.5 Å². The van der Waals surface area contributed by atoms with E-state index in [0.29, 0.717) is 0 Å². The molecule has 2 aromatic rings. The van der Waals surface area contributed by atoms with Crippen LogP contribution >= 0.6 is 0 Å². The predicted molar refractivity (Wildman–Crippen MR) is 75.3 cm³/mol. The molecular weight excluding hydrogens is 220 g/mol. The molecule has 0 spiro atoms. The van der Waals surface area contributed by atoms with Gasteiger partial charge in [-0.3, -0.25) is 5.01 Å². The maximum Gasteiger partial charge on any atom is 0.0629 e. The van der Waals surface area contributed by atoms with Gasteiger partial charge in [-0.2, -0.15) is 5.10 Å². The van der Waals surface area contributed by atoms with Gasteiger partial charge in [-0.15, -0.1) is 0 Å². The summed E-state index contributed by atoms with van der Waals surface area (Å²) in [7, 11) is 0. The molecule has 2 aromatic carbocycles. The minimum Gasteiger partial charge on any atom is -0.266 e. The minimum atomic E-state index is 0.964. The van der Waals surface area contributed by atoms with Crippen LogP contribution in [0.4, 0.5) is 5.69 Å². The van der Waals surface area contributed by atoms with Crippen molar-refractivity contribution in [2.75, 3.05) is 11.6 Å². The first-order valence-corrected chi connectivity index (χ1v) is 6.35. The summed E-state index contributed by atoms with van der Waals surface area (Å²) in [4.78, 5) is 0. The molecule has 0 saturated carbocycles. The third kappa shape index (κ3) is 1.15. The van der Waals surface area contributed by atoms with Crippen LogP contribution in [0.2, 0.25) is 0 Å². The Morgan fingerprint density at radius 2 is 1.89 bits per heavy atom. The normalized spacial score (nSPS) is 15.2. The zero-order chi connectivity index (χ0) is 12.1. The van der Waals surface area contributed by atoms with Gasteiger partial charge >= 0.3 is 0 Å². The SMILES string of the molecule is C=NN1CCc2c1ccc1c2Cc2ccccc2-1. The third-order valence-corrected chi connectivity index (χ3v) is 4.10. The maximum atomic E-state index is 4.09. The summed E-state index contributed by atoms with van der Waals surface area (Å²) < 4.78 is 0. The molecule has 0 saturated heterocycles. The second kappa shape index (κ2) is 3.45. The average Bonchev–Trinajstić information content (AvgIpc) is 2.99. The highest BCUT2D eigenvalue weighted by atomic mass is 15.5. The summed E-state index contributed by atoms with van der Waals surface area (Å²) in [6, 6.07) is 13.1. The molecule has 2 heteroatoms. The molecule has 0 N–H and O–H groups in total. The monoisotopic (exact) mass is 234 g/mol. The topological polar surface area (TPSA) is 15.6 Å². The number of hydrogen-bond acceptors (Lipinski definition) is 2. The van der Waals surface area contributed by atoms with Crippen LogP contribution < -0.4 is 5.01 Å². The largest absolute Gasteiger partial charge is 0.266 e. The number of hydrazone groups is 1. The molecule has 0 amide bonds. The minimum absolute atomic E-state index is 0.964. The molecule has 18 heavy (non-hydrogen) atoms. The van der Waals surface area contributed by atoms with Gasteiger partial charge in [0.1, 0.15) is 0 Å². The number of nitrogens with zero attached hydrogens (tertiary/aromatic N) is 2. The van der Waals surface area contributed by atoms with E-state index < -0.39 is 0 Å². The van der Waals surface area contributed by atoms with Crippen LogP contribution in [0.5, 0.6) is 0 Å². The number of rotatable bonds is 1. The van der Waals surface area contributed by atoms with Crippen LogP contribution in [0.3, 0.4) is 0 Å². The van der Waals surface area contributed by atoms with Gasteiger partial charge in [-0.25, -0.2) is 0 Å². The summed E-state index contributed by atoms with van der Waals surface area (Å²) in [5.41, 5.74) is 8.48. The summed E-state index contributed by atoms with van der Waals surface area (Å²) in [6.45, 7) is 4.61. The molecule has 0 unspecified atom stereocenters. The summed E-state index contributed by atoms with van der Waals surface area (Å²) in [5, 5.41) is 6.10. The third-order valence-electron chi connectivity index (χ3n) is 4.10. The number of benzene rings is 2. The predicted octanol–water partition coefficient (Wildman–Crippen LogP) is 3.24. The zero-order valence-electron chi connectivity index (χ0n) is 10.2. The Morgan fingerprint density at radius 3 is 2.78 bits per heavy atom. The molecule has 2 nitrogen and oxygen atoms in total. The van der Waals surface area contributed by atoms with Crippen molar-refractivity contribution in [3.63, 3.8) is 0 Å². The smallest absolute Gasteiger partial charge is 0.0629 e. The first-order valence-electron chi connectivity index (χ1n) is 6.35. The first kappa shape index (κ1) is 9.89. The van der Waals surface area contributed by atoms with Crippen molar-refractivity contribution in [2.24, 2.45) is 5.10 Å². The highest BCUT2D eigenvalue weighted by Crippen LogP contribution is 2.43. The van der Waals surface area contributed by atoms with E-state index in [1.807, 2.05) is 5.01 Å². The van der Waals surface area contributed by atoms with Crippen molar-refractivity contribution in [1.82, 2.24) is 0 Å². The van der Waals surface area contributed by atoms with E-state index in [-0.39, 0.29) is 0 Å². The van der Waals surface area contributed by atoms with Crippen LogP contribution in [0.1, 0.15) is 16.7 Å². The zero-order valence-corrected chi connectivity index (χ0v) is 10.2. The second-order valence-electron chi connectivity index (χ2n) is 4.94. The Balaban J connectivity index is 1.94. The number of fused-ring (bicyclic) bond motifs is 5. The van der Waals surface area contributed by atoms with Crippen LogP contribution in [-0.4, -0.2) is 13.3 Å². The first-order chi connectivity index (χ1) is 8.88. The molecule has 0 radical (unpaired) electrons. The highest BCUT2D eigenvalue weighted by molar-refractivity contribution is 5.82. The molecule has 0 bridgehead atoms. The van der Waals surface area contributed by atoms with Crippen molar-refractivity contribution >= 4 is 12.4 Å². The lowest BCUT2D eigenvalue weighted by Gasteiger charge is -2.12. The Kier molecular flexibility index (Phi) is 1.90. The van der Waals surface area contributed by atoms with E-state index in [4.69, 9.17) is 0 Å². The summed E-state index contributed by atoms with van der Waals surface area (Å²) in [6.07, 6.45) is 2.16. The molecular formula is C16H14N2. The Labute approximate surface area is 107 Å². The Morgan fingerprint density at radius 1 is 1.00 bits per heavy atom. The van der Waals surface area contributed by atoms with Gasteiger partial charge < -0.3 is 0 Å². The molecule has 4 rings (SSSR count). The van der Waals surface area contributed by atoms with Gasteiger partial charge in [0.15, 0.2) is 0 Å². The van der Waals surface area contributed by atoms with Gasteiger partial charge in [0.05, 0.1) is 5.69 Å². The van der Waals surface area contributed by atoms with Crippen LogP contribution in [0.25, 0.3) is 11.1 Å². The molecule has 0 aromatic heterocycles. The van der Waals surface area contributed by atoms with E-state index in [0.717, 1.165) is 19.4 Å². The van der Waals surface area contributed by atoms with Crippen molar-refractivity contribution in [3.05, 3.63) is 53.1 Å². The quantitative estimate of drug-likeness (QED) is 0.590. The van der Waals surface area contributed by atoms with Gasteiger partial charge in [-0.05, 0) is 46.7 Å². The second-order valence-corrected chi connectivity index (χ2v) is 4.94. The van der Waals surface area contributed by atoms with Crippen molar-refractivity contribution in [3.8, 4) is 11.1 Å². The van der Waals surface area contributed by atoms with E-state index in [2.05, 4.69) is 48.2 Å². The maximum absolute atomic E-state index is 4.09. The number of hydrogen-bond donors (Lipinski definition) is 0. The van der Waals surface area contributed by atoms with E-state index in [9.17, 15) is 0 Å². The van der Waals surface area contributed by atoms with Gasteiger partial charge in [0.2, 0.25) is 0 Å². The highest BCUT2D eigenvalue weighted by Gasteiger charge is 2.27. The standard InChI is InChI=1S/C16H14N2/c1-17-18-9-8-14-15-10-11-4-2-3-5-12(11)13(15)6-7-16(14)18/h2-7H,1,8-10H2. The molecule has 2 aliphatic rings. The molecule has 1 heterocycles. The Bertz CT molecular complexity index is 658. The van der Waals surface area contributed by atoms with Crippen molar-refractivity contribution < 1.29 is 0 Å². The summed E-state index contributed by atoms with van der Waals surface area (Å²) >= 11 is 0. The van der Waals surface area contributed by atoms with Crippen molar-refractivity contribution in [2.45, 2.75) is 12.8 Å². The van der Waals surface area contributed by atoms with Gasteiger partial charge in [0, 0.05) is 13.3 Å². The molecule has 1 aliphatic carbocycles. The van der Waals surface area contributed by atoms with E-state index >= 15 is 0 Å². The molecule has 0 fully saturated rings. The molecule has 88 valence electrons.